The summed E-state index contributed by atoms with van der Waals surface area (Å²) >= 11 is 4.17. The Morgan fingerprint density at radius 3 is 2.67 bits per heavy atom. The standard InChI is InChI=1S/C15H31N3OS2/c1-11(17-13-7-5-12(16)6-8-13)10-19-15-4-2-3-14(9-15)18-21-20/h11-15,17-18,20H,2-10,16H2,1H3/t11?,12?,13?,14-,15+/m0/s1. The molecule has 0 heterocycles. The van der Waals surface area contributed by atoms with Crippen LogP contribution in [0.5, 0.6) is 0 Å². The van der Waals surface area contributed by atoms with Gasteiger partial charge in [-0.3, -0.25) is 4.72 Å². The molecular formula is C15H31N3OS2. The number of rotatable bonds is 7. The largest absolute Gasteiger partial charge is 0.377 e. The first-order chi connectivity index (χ1) is 10.2. The third kappa shape index (κ3) is 6.67. The zero-order valence-electron chi connectivity index (χ0n) is 13.1. The van der Waals surface area contributed by atoms with E-state index in [1.54, 1.807) is 0 Å². The molecule has 124 valence electrons. The maximum absolute atomic E-state index is 6.12. The van der Waals surface area contributed by atoms with Gasteiger partial charge in [0.25, 0.3) is 0 Å². The van der Waals surface area contributed by atoms with Gasteiger partial charge in [-0.15, -0.1) is 0 Å². The highest BCUT2D eigenvalue weighted by Crippen LogP contribution is 2.23. The van der Waals surface area contributed by atoms with E-state index >= 15 is 0 Å². The highest BCUT2D eigenvalue weighted by Gasteiger charge is 2.24. The molecule has 0 saturated heterocycles. The van der Waals surface area contributed by atoms with Crippen LogP contribution in [0.3, 0.4) is 0 Å². The molecule has 0 aromatic carbocycles. The molecule has 21 heavy (non-hydrogen) atoms. The van der Waals surface area contributed by atoms with Gasteiger partial charge in [-0.05, 0) is 69.3 Å². The van der Waals surface area contributed by atoms with Crippen LogP contribution in [-0.4, -0.2) is 36.9 Å². The molecule has 0 bridgehead atoms. The van der Waals surface area contributed by atoms with E-state index in [2.05, 4.69) is 28.6 Å². The average molecular weight is 334 g/mol. The van der Waals surface area contributed by atoms with Crippen LogP contribution in [0.4, 0.5) is 0 Å². The first kappa shape index (κ1) is 17.9. The Kier molecular flexibility index (Phi) is 8.20. The van der Waals surface area contributed by atoms with Crippen molar-refractivity contribution in [2.45, 2.75) is 88.6 Å². The summed E-state index contributed by atoms with van der Waals surface area (Å²) in [7, 11) is 1.42. The van der Waals surface area contributed by atoms with Gasteiger partial charge in [0, 0.05) is 24.2 Å². The molecule has 4 nitrogen and oxygen atoms in total. The Morgan fingerprint density at radius 1 is 1.19 bits per heavy atom. The van der Waals surface area contributed by atoms with Crippen molar-refractivity contribution in [1.82, 2.24) is 10.0 Å². The summed E-state index contributed by atoms with van der Waals surface area (Å²) < 4.78 is 9.47. The second kappa shape index (κ2) is 9.63. The number of thiol groups is 1. The molecule has 0 amide bonds. The van der Waals surface area contributed by atoms with Crippen molar-refractivity contribution in [3.8, 4) is 0 Å². The molecule has 0 spiro atoms. The molecule has 0 aliphatic heterocycles. The number of nitrogens with two attached hydrogens (primary N) is 1. The maximum Gasteiger partial charge on any atom is 0.0620 e. The molecule has 6 heteroatoms. The summed E-state index contributed by atoms with van der Waals surface area (Å²) in [6.07, 6.45) is 9.92. The molecule has 2 aliphatic carbocycles. The minimum atomic E-state index is 0.403. The van der Waals surface area contributed by atoms with Gasteiger partial charge < -0.3 is 15.8 Å². The van der Waals surface area contributed by atoms with Crippen molar-refractivity contribution >= 4 is 22.6 Å². The van der Waals surface area contributed by atoms with Crippen molar-refractivity contribution in [3.05, 3.63) is 0 Å². The highest BCUT2D eigenvalue weighted by molar-refractivity contribution is 8.67. The number of hydrogen-bond donors (Lipinski definition) is 4. The van der Waals surface area contributed by atoms with Gasteiger partial charge in [0.05, 0.1) is 12.7 Å². The zero-order chi connectivity index (χ0) is 15.1. The van der Waals surface area contributed by atoms with E-state index in [0.717, 1.165) is 25.9 Å². The molecule has 2 saturated carbocycles. The van der Waals surface area contributed by atoms with E-state index in [1.165, 1.54) is 43.1 Å². The topological polar surface area (TPSA) is 59.3 Å². The lowest BCUT2D eigenvalue weighted by molar-refractivity contribution is 0.0105. The number of hydrogen-bond acceptors (Lipinski definition) is 6. The van der Waals surface area contributed by atoms with Gasteiger partial charge in [-0.25, -0.2) is 0 Å². The van der Waals surface area contributed by atoms with Gasteiger partial charge in [0.2, 0.25) is 0 Å². The van der Waals surface area contributed by atoms with E-state index in [-0.39, 0.29) is 0 Å². The number of ether oxygens (including phenoxy) is 1. The lowest BCUT2D eigenvalue weighted by atomic mass is 9.91. The van der Waals surface area contributed by atoms with Crippen LogP contribution < -0.4 is 15.8 Å². The first-order valence-corrected chi connectivity index (χ1v) is 10.2. The molecule has 0 aromatic rings. The van der Waals surface area contributed by atoms with Crippen LogP contribution in [0.1, 0.15) is 58.3 Å². The van der Waals surface area contributed by atoms with Crippen molar-refractivity contribution < 1.29 is 4.74 Å². The number of nitrogens with one attached hydrogen (secondary N) is 2. The summed E-state index contributed by atoms with van der Waals surface area (Å²) in [5.41, 5.74) is 5.96. The molecule has 4 N–H and O–H groups in total. The van der Waals surface area contributed by atoms with Crippen LogP contribution in [0.2, 0.25) is 0 Å². The van der Waals surface area contributed by atoms with E-state index in [9.17, 15) is 0 Å². The fourth-order valence-corrected chi connectivity index (χ4v) is 4.31. The fourth-order valence-electron chi connectivity index (χ4n) is 3.49. The van der Waals surface area contributed by atoms with Crippen LogP contribution in [0.15, 0.2) is 0 Å². The summed E-state index contributed by atoms with van der Waals surface area (Å²) in [4.78, 5) is 0. The molecule has 2 rings (SSSR count). The molecule has 0 aromatic heterocycles. The normalized spacial score (nSPS) is 35.6. The Labute approximate surface area is 138 Å². The Bertz CT molecular complexity index is 286. The molecule has 3 atom stereocenters. The van der Waals surface area contributed by atoms with Gasteiger partial charge >= 0.3 is 0 Å². The lowest BCUT2D eigenvalue weighted by Crippen LogP contribution is -2.44. The summed E-state index contributed by atoms with van der Waals surface area (Å²) in [5.74, 6) is 0. The molecule has 2 fully saturated rings. The maximum atomic E-state index is 6.12. The van der Waals surface area contributed by atoms with Gasteiger partial charge in [-0.1, -0.05) is 11.7 Å². The molecule has 2 aliphatic rings. The Hall–Kier alpha value is 0.540. The summed E-state index contributed by atoms with van der Waals surface area (Å²) in [5, 5.41) is 3.70. The second-order valence-electron chi connectivity index (χ2n) is 6.71. The lowest BCUT2D eigenvalue weighted by Gasteiger charge is -2.32. The summed E-state index contributed by atoms with van der Waals surface area (Å²) in [6, 6.07) is 2.03. The highest BCUT2D eigenvalue weighted by atomic mass is 33.1. The van der Waals surface area contributed by atoms with Crippen molar-refractivity contribution in [2.75, 3.05) is 6.61 Å². The predicted octanol–water partition coefficient (Wildman–Crippen LogP) is 2.64. The van der Waals surface area contributed by atoms with Gasteiger partial charge in [0.15, 0.2) is 0 Å². The second-order valence-corrected chi connectivity index (χ2v) is 7.67. The zero-order valence-corrected chi connectivity index (χ0v) is 14.8. The monoisotopic (exact) mass is 333 g/mol. The average Bonchev–Trinajstić information content (AvgIpc) is 2.48. The smallest absolute Gasteiger partial charge is 0.0620 e. The minimum Gasteiger partial charge on any atom is -0.377 e. The quantitative estimate of drug-likeness (QED) is 0.328. The van der Waals surface area contributed by atoms with E-state index in [4.69, 9.17) is 10.5 Å². The third-order valence-corrected chi connectivity index (χ3v) is 5.47. The van der Waals surface area contributed by atoms with E-state index in [0.29, 0.717) is 30.3 Å². The van der Waals surface area contributed by atoms with Gasteiger partial charge in [0.1, 0.15) is 0 Å². The molecular weight excluding hydrogens is 302 g/mol. The van der Waals surface area contributed by atoms with Crippen LogP contribution in [0, 0.1) is 0 Å². The van der Waals surface area contributed by atoms with E-state index in [1.807, 2.05) is 0 Å². The fraction of sp³-hybridized carbons (Fsp3) is 1.00. The van der Waals surface area contributed by atoms with E-state index < -0.39 is 0 Å². The van der Waals surface area contributed by atoms with Crippen molar-refractivity contribution in [2.24, 2.45) is 5.73 Å². The van der Waals surface area contributed by atoms with Crippen LogP contribution >= 0.6 is 22.6 Å². The minimum absolute atomic E-state index is 0.403. The van der Waals surface area contributed by atoms with Crippen molar-refractivity contribution in [1.29, 1.82) is 0 Å². The Balaban J connectivity index is 1.60. The Morgan fingerprint density at radius 2 is 1.95 bits per heavy atom. The molecule has 1 unspecified atom stereocenters. The van der Waals surface area contributed by atoms with Crippen molar-refractivity contribution in [3.63, 3.8) is 0 Å². The van der Waals surface area contributed by atoms with Crippen LogP contribution in [-0.2, 0) is 4.74 Å². The SMILES string of the molecule is CC(CO[C@@H]1CCC[C@H](NSS)C1)NC1CCC(N)CC1. The third-order valence-electron chi connectivity index (χ3n) is 4.72. The first-order valence-electron chi connectivity index (χ1n) is 8.36. The van der Waals surface area contributed by atoms with Gasteiger partial charge in [-0.2, -0.15) is 0 Å². The summed E-state index contributed by atoms with van der Waals surface area (Å²) in [6.45, 7) is 3.05. The predicted molar refractivity (Wildman–Crippen MR) is 94.5 cm³/mol. The molecule has 0 radical (unpaired) electrons. The van der Waals surface area contributed by atoms with Crippen LogP contribution in [0.25, 0.3) is 0 Å².